The first-order chi connectivity index (χ1) is 13.3. The van der Waals surface area contributed by atoms with E-state index >= 15 is 0 Å². The summed E-state index contributed by atoms with van der Waals surface area (Å²) in [6.45, 7) is 1.86. The number of carbonyl (C=O) groups excluding carboxylic acids is 1. The van der Waals surface area contributed by atoms with Crippen LogP contribution in [0.4, 0.5) is 18.3 Å². The normalized spacial score (nSPS) is 11.7. The molecule has 0 atom stereocenters. The van der Waals surface area contributed by atoms with Crippen LogP contribution < -0.4 is 5.32 Å². The Morgan fingerprint density at radius 3 is 2.68 bits per heavy atom. The number of aromatic nitrogens is 4. The summed E-state index contributed by atoms with van der Waals surface area (Å²) in [7, 11) is 0. The fourth-order valence-corrected chi connectivity index (χ4v) is 3.37. The van der Waals surface area contributed by atoms with Gasteiger partial charge < -0.3 is 0 Å². The van der Waals surface area contributed by atoms with Gasteiger partial charge >= 0.3 is 6.18 Å². The van der Waals surface area contributed by atoms with Gasteiger partial charge in [0.15, 0.2) is 10.8 Å². The zero-order valence-electron chi connectivity index (χ0n) is 14.4. The number of aryl methyl sites for hydroxylation is 1. The van der Waals surface area contributed by atoms with E-state index in [2.05, 4.69) is 20.4 Å². The van der Waals surface area contributed by atoms with E-state index in [1.54, 1.807) is 6.20 Å². The smallest absolute Gasteiger partial charge is 0.298 e. The SMILES string of the molecule is Cc1cnc(NC(=O)c2cnn3ccc(-c4ccccc4C(F)(F)F)nc23)s1. The minimum atomic E-state index is -4.52. The number of rotatable bonds is 3. The van der Waals surface area contributed by atoms with Gasteiger partial charge in [-0.1, -0.05) is 18.2 Å². The Morgan fingerprint density at radius 2 is 1.96 bits per heavy atom. The van der Waals surface area contributed by atoms with Crippen molar-refractivity contribution in [1.29, 1.82) is 0 Å². The second-order valence-electron chi connectivity index (χ2n) is 5.91. The van der Waals surface area contributed by atoms with Crippen molar-refractivity contribution in [3.63, 3.8) is 0 Å². The van der Waals surface area contributed by atoms with Gasteiger partial charge in [-0.2, -0.15) is 18.3 Å². The third-order valence-corrected chi connectivity index (χ3v) is 4.79. The number of hydrogen-bond acceptors (Lipinski definition) is 5. The van der Waals surface area contributed by atoms with Crippen LogP contribution in [0.25, 0.3) is 16.9 Å². The summed E-state index contributed by atoms with van der Waals surface area (Å²) in [5.74, 6) is -0.488. The molecule has 0 radical (unpaired) electrons. The lowest BCUT2D eigenvalue weighted by atomic mass is 10.0. The third-order valence-electron chi connectivity index (χ3n) is 3.96. The zero-order valence-corrected chi connectivity index (χ0v) is 15.2. The van der Waals surface area contributed by atoms with Crippen LogP contribution >= 0.6 is 11.3 Å². The Hall–Kier alpha value is -3.27. The van der Waals surface area contributed by atoms with Crippen molar-refractivity contribution >= 4 is 28.0 Å². The van der Waals surface area contributed by atoms with E-state index in [0.29, 0.717) is 5.13 Å². The van der Waals surface area contributed by atoms with Crippen LogP contribution in [0, 0.1) is 6.92 Å². The van der Waals surface area contributed by atoms with E-state index in [4.69, 9.17) is 0 Å². The minimum Gasteiger partial charge on any atom is -0.298 e. The van der Waals surface area contributed by atoms with Crippen LogP contribution in [0.3, 0.4) is 0 Å². The number of carbonyl (C=O) groups is 1. The lowest BCUT2D eigenvalue weighted by molar-refractivity contribution is -0.137. The van der Waals surface area contributed by atoms with E-state index in [9.17, 15) is 18.0 Å². The number of amides is 1. The number of fused-ring (bicyclic) bond motifs is 1. The number of nitrogens with one attached hydrogen (secondary N) is 1. The van der Waals surface area contributed by atoms with Crippen molar-refractivity contribution in [2.75, 3.05) is 5.32 Å². The molecule has 4 aromatic rings. The molecule has 4 rings (SSSR count). The highest BCUT2D eigenvalue weighted by molar-refractivity contribution is 7.15. The second-order valence-corrected chi connectivity index (χ2v) is 7.15. The molecule has 0 spiro atoms. The molecular formula is C18H12F3N5OS. The third kappa shape index (κ3) is 3.33. The number of anilines is 1. The lowest BCUT2D eigenvalue weighted by Gasteiger charge is -2.12. The first-order valence-corrected chi connectivity index (χ1v) is 8.89. The Labute approximate surface area is 160 Å². The summed E-state index contributed by atoms with van der Waals surface area (Å²) in [6, 6.07) is 6.59. The second kappa shape index (κ2) is 6.71. The zero-order chi connectivity index (χ0) is 19.9. The van der Waals surface area contributed by atoms with Crippen molar-refractivity contribution in [3.8, 4) is 11.3 Å². The topological polar surface area (TPSA) is 72.2 Å². The summed E-state index contributed by atoms with van der Waals surface area (Å²) in [4.78, 5) is 21.8. The fourth-order valence-electron chi connectivity index (χ4n) is 2.71. The van der Waals surface area contributed by atoms with Crippen LogP contribution in [0.15, 0.2) is 48.9 Å². The molecule has 1 N–H and O–H groups in total. The van der Waals surface area contributed by atoms with Crippen LogP contribution in [-0.4, -0.2) is 25.5 Å². The number of benzene rings is 1. The largest absolute Gasteiger partial charge is 0.417 e. The van der Waals surface area contributed by atoms with Gasteiger partial charge in [-0.3, -0.25) is 10.1 Å². The summed E-state index contributed by atoms with van der Waals surface area (Å²) in [5, 5.41) is 7.11. The highest BCUT2D eigenvalue weighted by Gasteiger charge is 2.33. The molecule has 1 aromatic carbocycles. The molecule has 10 heteroatoms. The Balaban J connectivity index is 1.76. The number of halogens is 3. The predicted octanol–water partition coefficient (Wildman–Crippen LogP) is 4.43. The van der Waals surface area contributed by atoms with Gasteiger partial charge in [0.1, 0.15) is 5.56 Å². The molecule has 3 aromatic heterocycles. The van der Waals surface area contributed by atoms with Crippen molar-refractivity contribution in [1.82, 2.24) is 19.6 Å². The maximum atomic E-state index is 13.3. The Bertz CT molecular complexity index is 1180. The molecule has 0 aliphatic heterocycles. The highest BCUT2D eigenvalue weighted by Crippen LogP contribution is 2.36. The number of nitrogens with zero attached hydrogens (tertiary/aromatic N) is 4. The maximum Gasteiger partial charge on any atom is 0.417 e. The van der Waals surface area contributed by atoms with Gasteiger partial charge in [0.25, 0.3) is 5.91 Å². The van der Waals surface area contributed by atoms with Gasteiger partial charge in [-0.25, -0.2) is 14.5 Å². The molecule has 3 heterocycles. The predicted molar refractivity (Wildman–Crippen MR) is 98.2 cm³/mol. The number of alkyl halides is 3. The molecule has 0 bridgehead atoms. The molecule has 0 unspecified atom stereocenters. The van der Waals surface area contributed by atoms with Gasteiger partial charge in [0, 0.05) is 22.8 Å². The van der Waals surface area contributed by atoms with Crippen molar-refractivity contribution in [2.24, 2.45) is 0 Å². The number of thiazole rings is 1. The standard InChI is InChI=1S/C18H12F3N5OS/c1-10-8-22-17(28-10)25-16(27)12-9-23-26-7-6-14(24-15(12)26)11-4-2-3-5-13(11)18(19,20)21/h2-9H,1H3,(H,22,25,27). The Kier molecular flexibility index (Phi) is 4.34. The molecule has 142 valence electrons. The molecule has 0 aliphatic rings. The van der Waals surface area contributed by atoms with Crippen molar-refractivity contribution in [2.45, 2.75) is 13.1 Å². The molecule has 6 nitrogen and oxygen atoms in total. The fraction of sp³-hybridized carbons (Fsp3) is 0.111. The van der Waals surface area contributed by atoms with Crippen LogP contribution in [0.1, 0.15) is 20.8 Å². The van der Waals surface area contributed by atoms with Gasteiger partial charge in [-0.15, -0.1) is 11.3 Å². The molecule has 28 heavy (non-hydrogen) atoms. The summed E-state index contributed by atoms with van der Waals surface area (Å²) < 4.78 is 41.3. The van der Waals surface area contributed by atoms with E-state index in [-0.39, 0.29) is 22.5 Å². The molecule has 0 saturated heterocycles. The van der Waals surface area contributed by atoms with E-state index < -0.39 is 17.6 Å². The average molecular weight is 403 g/mol. The molecular weight excluding hydrogens is 391 g/mol. The van der Waals surface area contributed by atoms with Gasteiger partial charge in [0.05, 0.1) is 17.5 Å². The van der Waals surface area contributed by atoms with E-state index in [1.807, 2.05) is 6.92 Å². The molecule has 0 aliphatic carbocycles. The molecule has 1 amide bonds. The van der Waals surface area contributed by atoms with Crippen LogP contribution in [-0.2, 0) is 6.18 Å². The van der Waals surface area contributed by atoms with Crippen molar-refractivity contribution < 1.29 is 18.0 Å². The van der Waals surface area contributed by atoms with Gasteiger partial charge in [-0.05, 0) is 19.1 Å². The lowest BCUT2D eigenvalue weighted by Crippen LogP contribution is -2.12. The molecule has 0 saturated carbocycles. The van der Waals surface area contributed by atoms with E-state index in [1.165, 1.54) is 52.5 Å². The summed E-state index contributed by atoms with van der Waals surface area (Å²) in [6.07, 6.45) is -0.110. The number of hydrogen-bond donors (Lipinski definition) is 1. The van der Waals surface area contributed by atoms with Crippen molar-refractivity contribution in [3.05, 3.63) is 64.9 Å². The van der Waals surface area contributed by atoms with Crippen LogP contribution in [0.5, 0.6) is 0 Å². The first kappa shape index (κ1) is 18.1. The minimum absolute atomic E-state index is 0.0689. The van der Waals surface area contributed by atoms with Crippen LogP contribution in [0.2, 0.25) is 0 Å². The van der Waals surface area contributed by atoms with E-state index in [0.717, 1.165) is 10.9 Å². The highest BCUT2D eigenvalue weighted by atomic mass is 32.1. The molecule has 0 fully saturated rings. The van der Waals surface area contributed by atoms with Gasteiger partial charge in [0.2, 0.25) is 0 Å². The maximum absolute atomic E-state index is 13.3. The quantitative estimate of drug-likeness (QED) is 0.549. The monoisotopic (exact) mass is 403 g/mol. The first-order valence-electron chi connectivity index (χ1n) is 8.08. The summed E-state index contributed by atoms with van der Waals surface area (Å²) in [5.41, 5.74) is -0.476. The Morgan fingerprint density at radius 1 is 1.18 bits per heavy atom. The average Bonchev–Trinajstić information content (AvgIpc) is 3.26. The summed E-state index contributed by atoms with van der Waals surface area (Å²) >= 11 is 1.31.